The van der Waals surface area contributed by atoms with Gasteiger partial charge in [0.2, 0.25) is 5.91 Å². The molecule has 4 rings (SSSR count). The monoisotopic (exact) mass is 428 g/mol. The second-order valence-electron chi connectivity index (χ2n) is 9.71. The number of hydrogen-bond donors (Lipinski definition) is 1. The van der Waals surface area contributed by atoms with Gasteiger partial charge in [-0.2, -0.15) is 0 Å². The van der Waals surface area contributed by atoms with E-state index in [1.54, 1.807) is 0 Å². The van der Waals surface area contributed by atoms with E-state index in [1.165, 1.54) is 50.8 Å². The van der Waals surface area contributed by atoms with E-state index in [4.69, 9.17) is 9.47 Å². The van der Waals surface area contributed by atoms with Crippen LogP contribution in [0.4, 0.5) is 0 Å². The standard InChI is InChI=1S/C26H40N2O3/c1-3-4-5-6-9-21-23-18-25-24(30-14-15-31-25)17-22(23)19(2)16-20(27-26(21)29)10-13-28-11-7-8-12-28/h17-21H,3-16H2,1-2H3,(H,27,29). The molecule has 3 unspecified atom stereocenters. The van der Waals surface area contributed by atoms with Gasteiger partial charge in [0, 0.05) is 12.6 Å². The average molecular weight is 429 g/mol. The lowest BCUT2D eigenvalue weighted by Gasteiger charge is -2.33. The number of nitrogens with one attached hydrogen (secondary N) is 1. The predicted molar refractivity (Wildman–Crippen MR) is 124 cm³/mol. The van der Waals surface area contributed by atoms with E-state index in [1.807, 2.05) is 0 Å². The Morgan fingerprint density at radius 3 is 2.42 bits per heavy atom. The van der Waals surface area contributed by atoms with Gasteiger partial charge in [0.15, 0.2) is 11.5 Å². The van der Waals surface area contributed by atoms with Crippen LogP contribution in [-0.4, -0.2) is 49.7 Å². The molecule has 3 heterocycles. The molecule has 31 heavy (non-hydrogen) atoms. The molecule has 1 fully saturated rings. The van der Waals surface area contributed by atoms with Crippen LogP contribution < -0.4 is 14.8 Å². The molecule has 0 spiro atoms. The Morgan fingerprint density at radius 1 is 1.00 bits per heavy atom. The van der Waals surface area contributed by atoms with Crippen molar-refractivity contribution in [2.75, 3.05) is 32.8 Å². The number of amides is 1. The normalized spacial score (nSPS) is 26.1. The minimum Gasteiger partial charge on any atom is -0.486 e. The van der Waals surface area contributed by atoms with Gasteiger partial charge in [-0.15, -0.1) is 0 Å². The Bertz CT molecular complexity index is 744. The van der Waals surface area contributed by atoms with Crippen molar-refractivity contribution in [1.82, 2.24) is 10.2 Å². The number of unbranched alkanes of at least 4 members (excludes halogenated alkanes) is 3. The molecule has 0 radical (unpaired) electrons. The highest BCUT2D eigenvalue weighted by molar-refractivity contribution is 5.85. The van der Waals surface area contributed by atoms with Gasteiger partial charge in [-0.05, 0) is 74.4 Å². The van der Waals surface area contributed by atoms with Crippen molar-refractivity contribution in [2.45, 2.75) is 89.5 Å². The van der Waals surface area contributed by atoms with Crippen LogP contribution in [0.15, 0.2) is 12.1 Å². The molecule has 3 aliphatic heterocycles. The van der Waals surface area contributed by atoms with Crippen LogP contribution >= 0.6 is 0 Å². The number of ether oxygens (including phenoxy) is 2. The molecule has 0 aromatic heterocycles. The Morgan fingerprint density at radius 2 is 1.71 bits per heavy atom. The van der Waals surface area contributed by atoms with Crippen molar-refractivity contribution in [3.8, 4) is 11.5 Å². The second kappa shape index (κ2) is 10.7. The van der Waals surface area contributed by atoms with Crippen molar-refractivity contribution in [1.29, 1.82) is 0 Å². The fourth-order valence-corrected chi connectivity index (χ4v) is 5.50. The van der Waals surface area contributed by atoms with E-state index in [9.17, 15) is 4.79 Å². The van der Waals surface area contributed by atoms with Gasteiger partial charge in [0.05, 0.1) is 5.92 Å². The van der Waals surface area contributed by atoms with Crippen molar-refractivity contribution in [3.05, 3.63) is 23.3 Å². The summed E-state index contributed by atoms with van der Waals surface area (Å²) in [5, 5.41) is 3.45. The zero-order valence-corrected chi connectivity index (χ0v) is 19.5. The number of fused-ring (bicyclic) bond motifs is 2. The summed E-state index contributed by atoms with van der Waals surface area (Å²) in [7, 11) is 0. The first-order valence-corrected chi connectivity index (χ1v) is 12.6. The van der Waals surface area contributed by atoms with Crippen LogP contribution in [0.25, 0.3) is 0 Å². The lowest BCUT2D eigenvalue weighted by molar-refractivity contribution is -0.123. The molecule has 172 valence electrons. The Hall–Kier alpha value is -1.75. The van der Waals surface area contributed by atoms with Crippen LogP contribution in [0.3, 0.4) is 0 Å². The number of carbonyl (C=O) groups excluding carboxylic acids is 1. The second-order valence-corrected chi connectivity index (χ2v) is 9.71. The van der Waals surface area contributed by atoms with Gasteiger partial charge in [0.1, 0.15) is 13.2 Å². The van der Waals surface area contributed by atoms with Crippen molar-refractivity contribution in [3.63, 3.8) is 0 Å². The molecular formula is C26H40N2O3. The molecule has 1 aromatic rings. The Balaban J connectivity index is 1.57. The first-order valence-electron chi connectivity index (χ1n) is 12.6. The molecule has 0 aliphatic carbocycles. The van der Waals surface area contributed by atoms with Crippen LogP contribution in [0.1, 0.15) is 94.6 Å². The highest BCUT2D eigenvalue weighted by Crippen LogP contribution is 2.42. The Kier molecular flexibility index (Phi) is 7.76. The summed E-state index contributed by atoms with van der Waals surface area (Å²) in [5.74, 6) is 2.13. The van der Waals surface area contributed by atoms with Crippen molar-refractivity contribution >= 4 is 5.91 Å². The molecular weight excluding hydrogens is 388 g/mol. The number of likely N-dealkylation sites (tertiary alicyclic amines) is 1. The van der Waals surface area contributed by atoms with Crippen LogP contribution in [-0.2, 0) is 4.79 Å². The zero-order valence-electron chi connectivity index (χ0n) is 19.5. The van der Waals surface area contributed by atoms with Gasteiger partial charge in [-0.1, -0.05) is 39.5 Å². The molecule has 0 saturated carbocycles. The maximum absolute atomic E-state index is 13.5. The number of nitrogens with zero attached hydrogens (tertiary/aromatic N) is 1. The average Bonchev–Trinajstić information content (AvgIpc) is 3.29. The molecule has 5 heteroatoms. The predicted octanol–water partition coefficient (Wildman–Crippen LogP) is 4.99. The van der Waals surface area contributed by atoms with Crippen molar-refractivity contribution < 1.29 is 14.3 Å². The smallest absolute Gasteiger partial charge is 0.227 e. The van der Waals surface area contributed by atoms with Crippen molar-refractivity contribution in [2.24, 2.45) is 0 Å². The molecule has 3 atom stereocenters. The topological polar surface area (TPSA) is 50.8 Å². The number of hydrogen-bond acceptors (Lipinski definition) is 4. The van der Waals surface area contributed by atoms with E-state index in [2.05, 4.69) is 36.2 Å². The summed E-state index contributed by atoms with van der Waals surface area (Å²) in [4.78, 5) is 16.0. The number of carbonyl (C=O) groups is 1. The summed E-state index contributed by atoms with van der Waals surface area (Å²) in [6.07, 6.45) is 10.3. The summed E-state index contributed by atoms with van der Waals surface area (Å²) in [6, 6.07) is 4.51. The van der Waals surface area contributed by atoms with Gasteiger partial charge in [0.25, 0.3) is 0 Å². The fraction of sp³-hybridized carbons (Fsp3) is 0.731. The quantitative estimate of drug-likeness (QED) is 0.593. The maximum atomic E-state index is 13.5. The largest absolute Gasteiger partial charge is 0.486 e. The summed E-state index contributed by atoms with van der Waals surface area (Å²) < 4.78 is 11.8. The van der Waals surface area contributed by atoms with Gasteiger partial charge >= 0.3 is 0 Å². The number of benzene rings is 1. The van der Waals surface area contributed by atoms with E-state index in [0.29, 0.717) is 19.1 Å². The highest BCUT2D eigenvalue weighted by atomic mass is 16.6. The Labute approximate surface area is 187 Å². The summed E-state index contributed by atoms with van der Waals surface area (Å²) >= 11 is 0. The van der Waals surface area contributed by atoms with E-state index in [-0.39, 0.29) is 17.9 Å². The molecule has 1 N–H and O–H groups in total. The van der Waals surface area contributed by atoms with Crippen LogP contribution in [0.2, 0.25) is 0 Å². The van der Waals surface area contributed by atoms with Gasteiger partial charge in [-0.25, -0.2) is 0 Å². The first kappa shape index (κ1) is 22.4. The van der Waals surface area contributed by atoms with E-state index in [0.717, 1.165) is 49.3 Å². The third kappa shape index (κ3) is 5.54. The molecule has 5 nitrogen and oxygen atoms in total. The third-order valence-electron chi connectivity index (χ3n) is 7.29. The molecule has 1 amide bonds. The summed E-state index contributed by atoms with van der Waals surface area (Å²) in [6.45, 7) is 9.22. The van der Waals surface area contributed by atoms with Crippen LogP contribution in [0.5, 0.6) is 11.5 Å². The maximum Gasteiger partial charge on any atom is 0.227 e. The van der Waals surface area contributed by atoms with Gasteiger partial charge < -0.3 is 19.7 Å². The van der Waals surface area contributed by atoms with E-state index >= 15 is 0 Å². The SMILES string of the molecule is CCCCCCC1C(=O)NC(CCN2CCCC2)CC(C)c2cc3c(cc21)OCCO3. The minimum absolute atomic E-state index is 0.0975. The van der Waals surface area contributed by atoms with E-state index < -0.39 is 0 Å². The molecule has 1 saturated heterocycles. The molecule has 0 bridgehead atoms. The van der Waals surface area contributed by atoms with Gasteiger partial charge in [-0.3, -0.25) is 4.79 Å². The minimum atomic E-state index is -0.0975. The summed E-state index contributed by atoms with van der Waals surface area (Å²) in [5.41, 5.74) is 2.44. The third-order valence-corrected chi connectivity index (χ3v) is 7.29. The zero-order chi connectivity index (χ0) is 21.6. The lowest BCUT2D eigenvalue weighted by Crippen LogP contribution is -2.42. The molecule has 3 aliphatic rings. The first-order chi connectivity index (χ1) is 15.2. The number of rotatable bonds is 8. The fourth-order valence-electron chi connectivity index (χ4n) is 5.50. The highest BCUT2D eigenvalue weighted by Gasteiger charge is 2.32. The lowest BCUT2D eigenvalue weighted by atomic mass is 9.80. The molecule has 1 aromatic carbocycles. The van der Waals surface area contributed by atoms with Crippen LogP contribution in [0, 0.1) is 0 Å².